The standard InChI is InChI=1S/C57H82ClN8O17P/c1-35-14-13-17-46(78-10)57(74)33-45(81-55(73)62-57)36(2)52-56(4,83-52)47(32-49(68)64(7)43-29-38(28-35)30-44(77-9)51(43)58)82-54(72)37(3)65(8)84(75,76)27-26-80-25-24-79-23-21-60-53(71)41(18-19-50(69)70)61-48(67)20-22-66-40(34-63(6)59-5)31-39-15-11-12-16-42(39)66/h11-17,29-31,36-37,41,45-47,52,59,74H,18-28,32-34H2,1-10H3,(H,60,71)(H,61,67)(H,62,73)(H,69,70)(H,75,76)/b17-13+,35-14+/t36-,37+,41+,45+,46-,47+,52+,56?,57+/m1/s1. The number of aryl methyl sites for hydroxylation is 1. The quantitative estimate of drug-likeness (QED) is 0.0194. The van der Waals surface area contributed by atoms with E-state index in [-0.39, 0.29) is 63.7 Å². The number of carbonyl (C=O) groups is 6. The van der Waals surface area contributed by atoms with E-state index in [0.29, 0.717) is 30.9 Å². The van der Waals surface area contributed by atoms with Crippen LogP contribution in [0.5, 0.6) is 5.75 Å². The Morgan fingerprint density at radius 1 is 1.05 bits per heavy atom. The Morgan fingerprint density at radius 2 is 1.76 bits per heavy atom. The Kier molecular flexibility index (Phi) is 23.9. The summed E-state index contributed by atoms with van der Waals surface area (Å²) in [5.74, 6) is -3.93. The average Bonchev–Trinajstić information content (AvgIpc) is 1.69. The van der Waals surface area contributed by atoms with E-state index in [9.17, 15) is 48.4 Å². The first-order valence-electron chi connectivity index (χ1n) is 27.8. The van der Waals surface area contributed by atoms with Crippen molar-refractivity contribution in [2.75, 3.05) is 86.4 Å². The summed E-state index contributed by atoms with van der Waals surface area (Å²) < 4.78 is 57.3. The maximum Gasteiger partial charge on any atom is 0.409 e. The van der Waals surface area contributed by atoms with Gasteiger partial charge in [0, 0.05) is 70.7 Å². The van der Waals surface area contributed by atoms with Crippen molar-refractivity contribution in [2.24, 2.45) is 5.92 Å². The van der Waals surface area contributed by atoms with Crippen molar-refractivity contribution in [3.63, 3.8) is 0 Å². The van der Waals surface area contributed by atoms with E-state index in [1.54, 1.807) is 38.1 Å². The van der Waals surface area contributed by atoms with Crippen molar-refractivity contribution >= 4 is 71.5 Å². The van der Waals surface area contributed by atoms with Crippen molar-refractivity contribution in [1.29, 1.82) is 0 Å². The summed E-state index contributed by atoms with van der Waals surface area (Å²) in [4.78, 5) is 92.0. The fourth-order valence-corrected chi connectivity index (χ4v) is 11.9. The van der Waals surface area contributed by atoms with Crippen LogP contribution in [0.3, 0.4) is 0 Å². The second-order valence-corrected chi connectivity index (χ2v) is 24.4. The number of epoxide rings is 1. The smallest absolute Gasteiger partial charge is 0.409 e. The summed E-state index contributed by atoms with van der Waals surface area (Å²) in [7, 11) is 5.09. The molecule has 4 amide bonds. The van der Waals surface area contributed by atoms with E-state index in [2.05, 4.69) is 27.4 Å². The monoisotopic (exact) mass is 1220 g/mol. The molecule has 6 rings (SSSR count). The van der Waals surface area contributed by atoms with E-state index in [4.69, 9.17) is 44.8 Å². The number of alkyl carbamates (subject to hydrolysis) is 1. The van der Waals surface area contributed by atoms with Gasteiger partial charge in [0.05, 0.1) is 64.5 Å². The number of carboxylic acid groups (broad SMARTS) is 1. The number of allylic oxidation sites excluding steroid dienone is 3. The summed E-state index contributed by atoms with van der Waals surface area (Å²) in [6.07, 6.45) is -0.810. The molecule has 25 nitrogen and oxygen atoms in total. The number of amides is 4. The predicted molar refractivity (Wildman–Crippen MR) is 311 cm³/mol. The van der Waals surface area contributed by atoms with Crippen LogP contribution in [0.2, 0.25) is 5.02 Å². The number of methoxy groups -OCH3 is 2. The molecule has 1 aromatic heterocycles. The average molecular weight is 1220 g/mol. The molecule has 27 heteroatoms. The van der Waals surface area contributed by atoms with E-state index < -0.39 is 110 Å². The van der Waals surface area contributed by atoms with Gasteiger partial charge < -0.3 is 68.4 Å². The second kappa shape index (κ2) is 29.9. The largest absolute Gasteiger partial charge is 0.495 e. The fourth-order valence-electron chi connectivity index (χ4n) is 10.3. The van der Waals surface area contributed by atoms with Crippen molar-refractivity contribution < 1.29 is 81.6 Å². The van der Waals surface area contributed by atoms with Crippen LogP contribution in [-0.2, 0) is 76.5 Å². The van der Waals surface area contributed by atoms with Gasteiger partial charge in [0.15, 0.2) is 5.72 Å². The van der Waals surface area contributed by atoms with Gasteiger partial charge in [0.1, 0.15) is 46.8 Å². The maximum absolute atomic E-state index is 14.4. The highest BCUT2D eigenvalue weighted by atomic mass is 35.5. The normalized spacial score (nSPS) is 25.3. The van der Waals surface area contributed by atoms with Crippen LogP contribution in [0.25, 0.3) is 10.9 Å². The number of halogens is 1. The number of aliphatic hydroxyl groups is 1. The number of aliphatic carboxylic acids is 1. The lowest BCUT2D eigenvalue weighted by atomic mass is 9.83. The van der Waals surface area contributed by atoms with Crippen LogP contribution < -0.4 is 31.0 Å². The number of para-hydroxylation sites is 1. The number of fused-ring (bicyclic) bond motifs is 6. The van der Waals surface area contributed by atoms with Crippen molar-refractivity contribution in [1.82, 2.24) is 35.6 Å². The topological polar surface area (TPSA) is 311 Å². The summed E-state index contributed by atoms with van der Waals surface area (Å²) in [5.41, 5.74) is 3.66. The van der Waals surface area contributed by atoms with E-state index >= 15 is 0 Å². The minimum absolute atomic E-state index is 0.00262. The van der Waals surface area contributed by atoms with E-state index in [0.717, 1.165) is 32.4 Å². The minimum atomic E-state index is -4.28. The number of ether oxygens (including phenoxy) is 7. The molecule has 0 radical (unpaired) electrons. The number of hydrazine groups is 1. The van der Waals surface area contributed by atoms with E-state index in [1.165, 1.54) is 40.1 Å². The second-order valence-electron chi connectivity index (χ2n) is 21.6. The SMILES string of the molecule is CNN(C)Cc1cc2ccccc2n1CCC(=O)N[C@@H](CCC(=O)O)C(=O)NCCOCCOCCP(=O)(O)N(C)[C@@H](C)C(=O)O[C@H]1CC(=O)N(C)c2cc(cc(OC)c2Cl)C/C(C)=C/C=C/[C@@H](OC)[C@@]2(O)C[C@H](OC(=O)N2)[C@@H](C)[C@@H]2OC12C. The number of anilines is 1. The highest BCUT2D eigenvalue weighted by Crippen LogP contribution is 2.50. The number of likely N-dealkylation sites (N-methyl/N-ethyl adjacent to an activating group) is 1. The number of carbonyl (C=O) groups excluding carboxylic acids is 5. The van der Waals surface area contributed by atoms with Crippen molar-refractivity contribution in [2.45, 2.75) is 127 Å². The molecule has 3 aromatic rings. The first-order valence-corrected chi connectivity index (χ1v) is 30.0. The third-order valence-electron chi connectivity index (χ3n) is 15.6. The maximum atomic E-state index is 14.4. The number of benzene rings is 2. The summed E-state index contributed by atoms with van der Waals surface area (Å²) in [6.45, 7) is 7.42. The zero-order valence-corrected chi connectivity index (χ0v) is 51.0. The molecule has 3 aliphatic rings. The first-order chi connectivity index (χ1) is 39.7. The molecule has 2 unspecified atom stereocenters. The first kappa shape index (κ1) is 67.2. The molecule has 84 heavy (non-hydrogen) atoms. The number of hydrogen-bond acceptors (Lipinski definition) is 17. The molecule has 10 atom stereocenters. The number of rotatable bonds is 26. The summed E-state index contributed by atoms with van der Waals surface area (Å²) in [6, 6.07) is 10.9. The van der Waals surface area contributed by atoms with Crippen LogP contribution in [0, 0.1) is 5.92 Å². The van der Waals surface area contributed by atoms with Crippen LogP contribution >= 0.6 is 19.1 Å². The fraction of sp³-hybridized carbons (Fsp3) is 0.579. The molecule has 2 saturated heterocycles. The number of esters is 1. The molecule has 0 aliphatic carbocycles. The molecule has 3 aliphatic heterocycles. The van der Waals surface area contributed by atoms with Gasteiger partial charge in [-0.25, -0.2) is 14.5 Å². The Labute approximate surface area is 494 Å². The van der Waals surface area contributed by atoms with Gasteiger partial charge in [-0.2, -0.15) is 0 Å². The number of nitrogens with zero attached hydrogens (tertiary/aromatic N) is 4. The van der Waals surface area contributed by atoms with Crippen LogP contribution in [0.4, 0.5) is 10.5 Å². The van der Waals surface area contributed by atoms with Gasteiger partial charge in [-0.05, 0) is 82.9 Å². The number of aromatic nitrogens is 1. The molecular weight excluding hydrogens is 1140 g/mol. The van der Waals surface area contributed by atoms with Gasteiger partial charge in [-0.15, -0.1) is 0 Å². The lowest BCUT2D eigenvalue weighted by Crippen LogP contribution is -2.63. The third kappa shape index (κ3) is 17.4. The van der Waals surface area contributed by atoms with Crippen molar-refractivity contribution in [3.8, 4) is 5.75 Å². The van der Waals surface area contributed by atoms with Crippen LogP contribution in [0.1, 0.15) is 71.1 Å². The lowest BCUT2D eigenvalue weighted by molar-refractivity contribution is -0.157. The van der Waals surface area contributed by atoms with Crippen LogP contribution in [0.15, 0.2) is 66.3 Å². The van der Waals surface area contributed by atoms with Gasteiger partial charge in [-0.1, -0.05) is 60.5 Å². The van der Waals surface area contributed by atoms with Crippen LogP contribution in [-0.4, -0.2) is 194 Å². The zero-order chi connectivity index (χ0) is 61.7. The number of carboxylic acids is 1. The van der Waals surface area contributed by atoms with Crippen molar-refractivity contribution in [3.05, 3.63) is 82.5 Å². The minimum Gasteiger partial charge on any atom is -0.495 e. The molecular formula is C57H82ClN8O17P. The Hall–Kier alpha value is -5.96. The third-order valence-corrected chi connectivity index (χ3v) is 18.1. The molecule has 2 fully saturated rings. The Bertz CT molecular complexity index is 2950. The Morgan fingerprint density at radius 3 is 2.45 bits per heavy atom. The molecule has 4 heterocycles. The molecule has 0 spiro atoms. The molecule has 0 saturated carbocycles. The molecule has 2 aromatic carbocycles. The summed E-state index contributed by atoms with van der Waals surface area (Å²) in [5, 5.41) is 32.2. The number of nitrogens with one attached hydrogen (secondary N) is 4. The molecule has 464 valence electrons. The molecule has 4 bridgehead atoms. The van der Waals surface area contributed by atoms with E-state index in [1.807, 2.05) is 60.9 Å². The molecule has 7 N–H and O–H groups in total. The van der Waals surface area contributed by atoms with Gasteiger partial charge in [0.2, 0.25) is 17.7 Å². The highest BCUT2D eigenvalue weighted by molar-refractivity contribution is 7.55. The van der Waals surface area contributed by atoms with Gasteiger partial charge >= 0.3 is 18.0 Å². The zero-order valence-electron chi connectivity index (χ0n) is 49.4. The summed E-state index contributed by atoms with van der Waals surface area (Å²) >= 11 is 6.82. The highest BCUT2D eigenvalue weighted by Gasteiger charge is 2.64. The van der Waals surface area contributed by atoms with Gasteiger partial charge in [0.25, 0.3) is 7.52 Å². The predicted octanol–water partition coefficient (Wildman–Crippen LogP) is 4.28. The van der Waals surface area contributed by atoms with Gasteiger partial charge in [-0.3, -0.25) is 39.3 Å². The number of hydrogen-bond donors (Lipinski definition) is 7. The Balaban J connectivity index is 1.02. The lowest BCUT2D eigenvalue weighted by Gasteiger charge is -2.42.